The molecule has 0 aromatic heterocycles. The van der Waals surface area contributed by atoms with E-state index in [-0.39, 0.29) is 24.2 Å². The zero-order chi connectivity index (χ0) is 12.8. The number of rotatable bonds is 3. The Bertz CT molecular complexity index is 475. The molecule has 0 heterocycles. The molecule has 1 aromatic carbocycles. The third kappa shape index (κ3) is 3.63. The molecule has 0 amide bonds. The van der Waals surface area contributed by atoms with Gasteiger partial charge in [0.05, 0.1) is 17.7 Å². The summed E-state index contributed by atoms with van der Waals surface area (Å²) in [6.07, 6.45) is 0.250. The molecule has 0 aliphatic rings. The number of aromatic carboxylic acids is 2. The second-order valence-electron chi connectivity index (χ2n) is 3.18. The molecule has 0 saturated carbocycles. The van der Waals surface area contributed by atoms with Crippen molar-refractivity contribution in [3.05, 3.63) is 34.9 Å². The Hall–Kier alpha value is -2.32. The van der Waals surface area contributed by atoms with Gasteiger partial charge < -0.3 is 15.3 Å². The van der Waals surface area contributed by atoms with E-state index in [2.05, 4.69) is 11.8 Å². The highest BCUT2D eigenvalue weighted by molar-refractivity contribution is 5.94. The maximum atomic E-state index is 10.8. The first-order chi connectivity index (χ1) is 8.04. The molecular weight excluding hydrogens is 224 g/mol. The lowest BCUT2D eigenvalue weighted by Crippen LogP contribution is -2.03. The maximum absolute atomic E-state index is 10.8. The van der Waals surface area contributed by atoms with Gasteiger partial charge in [0.25, 0.3) is 0 Å². The van der Waals surface area contributed by atoms with Crippen LogP contribution in [0.25, 0.3) is 0 Å². The van der Waals surface area contributed by atoms with Gasteiger partial charge in [-0.25, -0.2) is 9.59 Å². The molecule has 17 heavy (non-hydrogen) atoms. The zero-order valence-corrected chi connectivity index (χ0v) is 8.80. The Kier molecular flexibility index (Phi) is 4.26. The van der Waals surface area contributed by atoms with Crippen LogP contribution in [-0.2, 0) is 0 Å². The molecule has 5 nitrogen and oxygen atoms in total. The summed E-state index contributed by atoms with van der Waals surface area (Å²) in [7, 11) is 0. The van der Waals surface area contributed by atoms with Gasteiger partial charge in [0.1, 0.15) is 0 Å². The van der Waals surface area contributed by atoms with E-state index in [1.807, 2.05) is 0 Å². The van der Waals surface area contributed by atoms with Crippen LogP contribution in [0, 0.1) is 11.8 Å². The molecule has 3 N–H and O–H groups in total. The Morgan fingerprint density at radius 1 is 1.06 bits per heavy atom. The summed E-state index contributed by atoms with van der Waals surface area (Å²) >= 11 is 0. The van der Waals surface area contributed by atoms with Crippen molar-refractivity contribution in [1.82, 2.24) is 0 Å². The molecule has 88 valence electrons. The van der Waals surface area contributed by atoms with Crippen molar-refractivity contribution in [1.29, 1.82) is 0 Å². The first-order valence-electron chi connectivity index (χ1n) is 4.76. The fourth-order valence-corrected chi connectivity index (χ4v) is 1.17. The molecule has 5 heteroatoms. The highest BCUT2D eigenvalue weighted by Gasteiger charge is 2.10. The standard InChI is InChI=1S/C12H10O5/c13-4-2-1-3-8-5-9(11(14)15)7-10(6-8)12(16)17/h5-7,13H,2,4H2,(H,14,15)(H,16,17). The third-order valence-electron chi connectivity index (χ3n) is 1.90. The molecule has 1 aromatic rings. The number of hydrogen-bond acceptors (Lipinski definition) is 3. The number of benzene rings is 1. The van der Waals surface area contributed by atoms with Gasteiger partial charge in [-0.05, 0) is 18.2 Å². The number of aliphatic hydroxyl groups is 1. The number of carboxylic acid groups (broad SMARTS) is 2. The largest absolute Gasteiger partial charge is 0.478 e. The van der Waals surface area contributed by atoms with Gasteiger partial charge in [-0.3, -0.25) is 0 Å². The molecule has 0 bridgehead atoms. The van der Waals surface area contributed by atoms with E-state index < -0.39 is 11.9 Å². The van der Waals surface area contributed by atoms with Crippen molar-refractivity contribution in [3.63, 3.8) is 0 Å². The van der Waals surface area contributed by atoms with Crippen LogP contribution in [0.3, 0.4) is 0 Å². The summed E-state index contributed by atoms with van der Waals surface area (Å²) in [5, 5.41) is 26.2. The smallest absolute Gasteiger partial charge is 0.335 e. The molecular formula is C12H10O5. The molecule has 0 spiro atoms. The van der Waals surface area contributed by atoms with Crippen LogP contribution in [0.1, 0.15) is 32.7 Å². The average Bonchev–Trinajstić information content (AvgIpc) is 2.29. The van der Waals surface area contributed by atoms with Crippen LogP contribution in [0.5, 0.6) is 0 Å². The van der Waals surface area contributed by atoms with E-state index in [9.17, 15) is 9.59 Å². The quantitative estimate of drug-likeness (QED) is 0.673. The van der Waals surface area contributed by atoms with E-state index in [1.165, 1.54) is 12.1 Å². The van der Waals surface area contributed by atoms with Crippen molar-refractivity contribution in [2.24, 2.45) is 0 Å². The summed E-state index contributed by atoms with van der Waals surface area (Å²) < 4.78 is 0. The topological polar surface area (TPSA) is 94.8 Å². The number of aliphatic hydroxyl groups excluding tert-OH is 1. The first kappa shape index (κ1) is 12.7. The average molecular weight is 234 g/mol. The molecule has 0 atom stereocenters. The second-order valence-corrected chi connectivity index (χ2v) is 3.18. The minimum absolute atomic E-state index is 0.0998. The van der Waals surface area contributed by atoms with Gasteiger partial charge in [-0.15, -0.1) is 0 Å². The van der Waals surface area contributed by atoms with E-state index >= 15 is 0 Å². The third-order valence-corrected chi connectivity index (χ3v) is 1.90. The molecule has 0 saturated heterocycles. The van der Waals surface area contributed by atoms with Crippen LogP contribution in [0.15, 0.2) is 18.2 Å². The van der Waals surface area contributed by atoms with Crippen molar-refractivity contribution in [2.45, 2.75) is 6.42 Å². The highest BCUT2D eigenvalue weighted by Crippen LogP contribution is 2.10. The Labute approximate surface area is 97.3 Å². The van der Waals surface area contributed by atoms with Gasteiger partial charge in [0.2, 0.25) is 0 Å². The van der Waals surface area contributed by atoms with Gasteiger partial charge in [0, 0.05) is 12.0 Å². The van der Waals surface area contributed by atoms with Crippen molar-refractivity contribution in [3.8, 4) is 11.8 Å². The van der Waals surface area contributed by atoms with Gasteiger partial charge in [-0.1, -0.05) is 11.8 Å². The molecule has 0 fully saturated rings. The van der Waals surface area contributed by atoms with Crippen LogP contribution in [-0.4, -0.2) is 33.9 Å². The second kappa shape index (κ2) is 5.68. The monoisotopic (exact) mass is 234 g/mol. The number of hydrogen-bond donors (Lipinski definition) is 3. The first-order valence-corrected chi connectivity index (χ1v) is 4.76. The maximum Gasteiger partial charge on any atom is 0.335 e. The Morgan fingerprint density at radius 2 is 1.59 bits per heavy atom. The summed E-state index contributed by atoms with van der Waals surface area (Å²) in [4.78, 5) is 21.6. The number of carbonyl (C=O) groups is 2. The highest BCUT2D eigenvalue weighted by atomic mass is 16.4. The molecule has 0 aliphatic heterocycles. The summed E-state index contributed by atoms with van der Waals surface area (Å²) in [6.45, 7) is -0.0998. The predicted molar refractivity (Wildman–Crippen MR) is 58.9 cm³/mol. The Morgan fingerprint density at radius 3 is 2.00 bits per heavy atom. The van der Waals surface area contributed by atoms with Gasteiger partial charge in [-0.2, -0.15) is 0 Å². The predicted octanol–water partition coefficient (Wildman–Crippen LogP) is 0.817. The lowest BCUT2D eigenvalue weighted by Gasteiger charge is -1.99. The molecule has 1 rings (SSSR count). The molecule has 0 aliphatic carbocycles. The minimum Gasteiger partial charge on any atom is -0.478 e. The number of carboxylic acids is 2. The van der Waals surface area contributed by atoms with Crippen LogP contribution in [0.2, 0.25) is 0 Å². The van der Waals surface area contributed by atoms with E-state index in [0.717, 1.165) is 6.07 Å². The van der Waals surface area contributed by atoms with E-state index in [1.54, 1.807) is 0 Å². The van der Waals surface area contributed by atoms with E-state index in [0.29, 0.717) is 5.56 Å². The lowest BCUT2D eigenvalue weighted by molar-refractivity contribution is 0.0696. The zero-order valence-electron chi connectivity index (χ0n) is 8.80. The van der Waals surface area contributed by atoms with Crippen LogP contribution >= 0.6 is 0 Å². The molecule has 0 unspecified atom stereocenters. The van der Waals surface area contributed by atoms with Crippen molar-refractivity contribution >= 4 is 11.9 Å². The summed E-state index contributed by atoms with van der Waals surface area (Å²) in [5.41, 5.74) is 0.0483. The SMILES string of the molecule is O=C(O)c1cc(C#CCCO)cc(C(=O)O)c1. The summed E-state index contributed by atoms with van der Waals surface area (Å²) in [5.74, 6) is 2.78. The summed E-state index contributed by atoms with van der Waals surface area (Å²) in [6, 6.07) is 3.65. The lowest BCUT2D eigenvalue weighted by atomic mass is 10.1. The van der Waals surface area contributed by atoms with Gasteiger partial charge >= 0.3 is 11.9 Å². The minimum atomic E-state index is -1.21. The van der Waals surface area contributed by atoms with Crippen LogP contribution < -0.4 is 0 Å². The van der Waals surface area contributed by atoms with E-state index in [4.69, 9.17) is 15.3 Å². The fraction of sp³-hybridized carbons (Fsp3) is 0.167. The van der Waals surface area contributed by atoms with Crippen molar-refractivity contribution in [2.75, 3.05) is 6.61 Å². The molecule has 0 radical (unpaired) electrons. The van der Waals surface area contributed by atoms with Crippen molar-refractivity contribution < 1.29 is 24.9 Å². The van der Waals surface area contributed by atoms with Crippen LogP contribution in [0.4, 0.5) is 0 Å². The Balaban J connectivity index is 3.18. The van der Waals surface area contributed by atoms with Gasteiger partial charge in [0.15, 0.2) is 0 Å². The normalized spacial score (nSPS) is 9.24. The fourth-order valence-electron chi connectivity index (χ4n) is 1.17.